The molecule has 0 bridgehead atoms. The quantitative estimate of drug-likeness (QED) is 0.542. The number of rotatable bonds is 3. The molecule has 0 atom stereocenters. The van der Waals surface area contributed by atoms with E-state index < -0.39 is 4.92 Å². The van der Waals surface area contributed by atoms with Gasteiger partial charge in [-0.2, -0.15) is 0 Å². The number of fused-ring (bicyclic) bond motifs is 1. The topological polar surface area (TPSA) is 68.1 Å². The lowest BCUT2D eigenvalue weighted by Crippen LogP contribution is -1.97. The third-order valence-corrected chi connectivity index (χ3v) is 3.64. The summed E-state index contributed by atoms with van der Waals surface area (Å²) in [6, 6.07) is 10.2. The lowest BCUT2D eigenvalue weighted by atomic mass is 10.1. The van der Waals surface area contributed by atoms with Gasteiger partial charge in [-0.1, -0.05) is 11.6 Å². The highest BCUT2D eigenvalue weighted by Crippen LogP contribution is 2.32. The largest absolute Gasteiger partial charge is 0.354 e. The number of halogens is 2. The van der Waals surface area contributed by atoms with Crippen LogP contribution < -0.4 is 5.32 Å². The van der Waals surface area contributed by atoms with Crippen LogP contribution in [0.25, 0.3) is 10.9 Å². The van der Waals surface area contributed by atoms with Gasteiger partial charge in [0.1, 0.15) is 5.82 Å². The van der Waals surface area contributed by atoms with Crippen molar-refractivity contribution in [2.45, 2.75) is 6.92 Å². The summed E-state index contributed by atoms with van der Waals surface area (Å²) < 4.78 is 13.5. The lowest BCUT2D eigenvalue weighted by Gasteiger charge is -2.12. The molecule has 0 aliphatic heterocycles. The van der Waals surface area contributed by atoms with Crippen LogP contribution in [0.1, 0.15) is 5.69 Å². The Kier molecular flexibility index (Phi) is 3.83. The molecule has 0 fully saturated rings. The van der Waals surface area contributed by atoms with E-state index in [0.717, 1.165) is 5.69 Å². The number of nitro groups is 1. The summed E-state index contributed by atoms with van der Waals surface area (Å²) in [5, 5.41) is 14.7. The summed E-state index contributed by atoms with van der Waals surface area (Å²) in [5.41, 5.74) is 2.43. The lowest BCUT2D eigenvalue weighted by molar-refractivity contribution is -0.384. The molecule has 0 spiro atoms. The fourth-order valence-corrected chi connectivity index (χ4v) is 2.52. The first-order chi connectivity index (χ1) is 10.9. The second-order valence-corrected chi connectivity index (χ2v) is 5.43. The number of pyridine rings is 1. The first kappa shape index (κ1) is 15.2. The zero-order chi connectivity index (χ0) is 16.6. The third kappa shape index (κ3) is 3.07. The molecule has 0 saturated heterocycles. The Bertz CT molecular complexity index is 931. The normalized spacial score (nSPS) is 10.7. The van der Waals surface area contributed by atoms with Crippen molar-refractivity contribution < 1.29 is 9.31 Å². The molecule has 0 saturated carbocycles. The van der Waals surface area contributed by atoms with E-state index in [1.165, 1.54) is 30.3 Å². The van der Waals surface area contributed by atoms with Crippen LogP contribution in [0.4, 0.5) is 21.5 Å². The molecular weight excluding hydrogens is 321 g/mol. The van der Waals surface area contributed by atoms with Gasteiger partial charge in [0.05, 0.1) is 21.2 Å². The Labute approximate surface area is 135 Å². The van der Waals surface area contributed by atoms with E-state index in [4.69, 9.17) is 11.6 Å². The number of anilines is 2. The van der Waals surface area contributed by atoms with Crippen molar-refractivity contribution >= 4 is 39.6 Å². The SMILES string of the molecule is Cc1cc(Nc2ccc([N+](=O)[O-])cc2Cl)c2cc(F)ccc2n1. The molecule has 0 unspecified atom stereocenters. The van der Waals surface area contributed by atoms with Crippen molar-refractivity contribution in [3.8, 4) is 0 Å². The van der Waals surface area contributed by atoms with Crippen LogP contribution >= 0.6 is 11.6 Å². The number of nitro benzene ring substituents is 1. The van der Waals surface area contributed by atoms with E-state index in [1.54, 1.807) is 12.1 Å². The monoisotopic (exact) mass is 331 g/mol. The number of hydrogen-bond donors (Lipinski definition) is 1. The Morgan fingerprint density at radius 3 is 2.65 bits per heavy atom. The van der Waals surface area contributed by atoms with Crippen LogP contribution in [0.15, 0.2) is 42.5 Å². The maximum absolute atomic E-state index is 13.5. The van der Waals surface area contributed by atoms with Crippen LogP contribution in [0, 0.1) is 22.9 Å². The molecule has 3 aromatic rings. The number of nitrogens with zero attached hydrogens (tertiary/aromatic N) is 2. The maximum atomic E-state index is 13.5. The van der Waals surface area contributed by atoms with Gasteiger partial charge in [-0.25, -0.2) is 4.39 Å². The van der Waals surface area contributed by atoms with Crippen LogP contribution in [0.5, 0.6) is 0 Å². The second kappa shape index (κ2) is 5.81. The minimum Gasteiger partial charge on any atom is -0.354 e. The summed E-state index contributed by atoms with van der Waals surface area (Å²) in [5.74, 6) is -0.374. The molecule has 1 aromatic heterocycles. The number of aryl methyl sites for hydroxylation is 1. The molecule has 2 aromatic carbocycles. The molecule has 7 heteroatoms. The molecule has 23 heavy (non-hydrogen) atoms. The molecule has 3 rings (SSSR count). The molecule has 1 N–H and O–H groups in total. The Balaban J connectivity index is 2.08. The van der Waals surface area contributed by atoms with E-state index in [9.17, 15) is 14.5 Å². The number of nitrogens with one attached hydrogen (secondary N) is 1. The summed E-state index contributed by atoms with van der Waals surface area (Å²) >= 11 is 6.09. The van der Waals surface area contributed by atoms with E-state index >= 15 is 0 Å². The Hall–Kier alpha value is -2.73. The number of aromatic nitrogens is 1. The first-order valence-corrected chi connectivity index (χ1v) is 7.10. The summed E-state index contributed by atoms with van der Waals surface area (Å²) in [4.78, 5) is 14.6. The molecule has 0 aliphatic rings. The van der Waals surface area contributed by atoms with Crippen molar-refractivity contribution in [1.29, 1.82) is 0 Å². The fraction of sp³-hybridized carbons (Fsp3) is 0.0625. The third-order valence-electron chi connectivity index (χ3n) is 3.33. The van der Waals surface area contributed by atoms with Crippen molar-refractivity contribution in [3.63, 3.8) is 0 Å². The number of non-ortho nitro benzene ring substituents is 1. The summed E-state index contributed by atoms with van der Waals surface area (Å²) in [7, 11) is 0. The van der Waals surface area contributed by atoms with Gasteiger partial charge < -0.3 is 5.32 Å². The average Bonchev–Trinajstić information content (AvgIpc) is 2.49. The highest BCUT2D eigenvalue weighted by molar-refractivity contribution is 6.33. The minimum atomic E-state index is -0.517. The van der Waals surface area contributed by atoms with Gasteiger partial charge in [0.2, 0.25) is 0 Å². The van der Waals surface area contributed by atoms with Gasteiger partial charge in [0.25, 0.3) is 5.69 Å². The van der Waals surface area contributed by atoms with Gasteiger partial charge in [-0.05, 0) is 37.3 Å². The van der Waals surface area contributed by atoms with Gasteiger partial charge >= 0.3 is 0 Å². The Morgan fingerprint density at radius 1 is 1.17 bits per heavy atom. The molecule has 5 nitrogen and oxygen atoms in total. The molecular formula is C16H11ClFN3O2. The van der Waals surface area contributed by atoms with Gasteiger partial charge in [-0.15, -0.1) is 0 Å². The molecule has 0 amide bonds. The average molecular weight is 332 g/mol. The van der Waals surface area contributed by atoms with Gasteiger partial charge in [0.15, 0.2) is 0 Å². The van der Waals surface area contributed by atoms with E-state index in [2.05, 4.69) is 10.3 Å². The van der Waals surface area contributed by atoms with Crippen LogP contribution in [0.3, 0.4) is 0 Å². The zero-order valence-corrected chi connectivity index (χ0v) is 12.8. The molecule has 0 radical (unpaired) electrons. The predicted molar refractivity (Wildman–Crippen MR) is 87.8 cm³/mol. The number of hydrogen-bond acceptors (Lipinski definition) is 4. The first-order valence-electron chi connectivity index (χ1n) is 6.72. The maximum Gasteiger partial charge on any atom is 0.271 e. The highest BCUT2D eigenvalue weighted by Gasteiger charge is 2.11. The van der Waals surface area contributed by atoms with Gasteiger partial charge in [0, 0.05) is 28.9 Å². The summed E-state index contributed by atoms with van der Waals surface area (Å²) in [6.07, 6.45) is 0. The molecule has 0 aliphatic carbocycles. The van der Waals surface area contributed by atoms with Crippen molar-refractivity contribution in [3.05, 3.63) is 69.1 Å². The van der Waals surface area contributed by atoms with Crippen LogP contribution in [0.2, 0.25) is 5.02 Å². The summed E-state index contributed by atoms with van der Waals surface area (Å²) in [6.45, 7) is 1.82. The van der Waals surface area contributed by atoms with E-state index in [0.29, 0.717) is 22.3 Å². The van der Waals surface area contributed by atoms with E-state index in [-0.39, 0.29) is 16.5 Å². The smallest absolute Gasteiger partial charge is 0.271 e. The minimum absolute atomic E-state index is 0.0950. The van der Waals surface area contributed by atoms with Gasteiger partial charge in [-0.3, -0.25) is 15.1 Å². The van der Waals surface area contributed by atoms with Crippen molar-refractivity contribution in [1.82, 2.24) is 4.98 Å². The zero-order valence-electron chi connectivity index (χ0n) is 12.0. The molecule has 1 heterocycles. The standard InChI is InChI=1S/C16H11ClFN3O2/c1-9-6-16(12-7-10(18)2-4-14(12)19-9)20-15-5-3-11(21(22)23)8-13(15)17/h2-8H,1H3,(H,19,20). The van der Waals surface area contributed by atoms with Crippen LogP contribution in [-0.4, -0.2) is 9.91 Å². The van der Waals surface area contributed by atoms with Crippen molar-refractivity contribution in [2.75, 3.05) is 5.32 Å². The predicted octanol–water partition coefficient (Wildman–Crippen LogP) is 4.99. The molecule has 116 valence electrons. The van der Waals surface area contributed by atoms with Crippen molar-refractivity contribution in [2.24, 2.45) is 0 Å². The highest BCUT2D eigenvalue weighted by atomic mass is 35.5. The Morgan fingerprint density at radius 2 is 1.96 bits per heavy atom. The fourth-order valence-electron chi connectivity index (χ4n) is 2.30. The number of benzene rings is 2. The van der Waals surface area contributed by atoms with Crippen LogP contribution in [-0.2, 0) is 0 Å². The van der Waals surface area contributed by atoms with E-state index in [1.807, 2.05) is 6.92 Å². The second-order valence-electron chi connectivity index (χ2n) is 5.02.